The quantitative estimate of drug-likeness (QED) is 0.257. The van der Waals surface area contributed by atoms with Gasteiger partial charge in [-0.2, -0.15) is 0 Å². The second kappa shape index (κ2) is 11.6. The number of hydrogen-bond acceptors (Lipinski definition) is 7. The van der Waals surface area contributed by atoms with Crippen molar-refractivity contribution >= 4 is 55.2 Å². The molecule has 38 heavy (non-hydrogen) atoms. The number of carbonyl (C=O) groups is 1. The third-order valence-corrected chi connectivity index (χ3v) is 11.1. The number of unbranched alkanes of at least 4 members (excludes halogenated alkanes) is 2. The maximum Gasteiger partial charge on any atom is 0.273 e. The molecule has 0 radical (unpaired) electrons. The third-order valence-electron chi connectivity index (χ3n) is 6.89. The van der Waals surface area contributed by atoms with Gasteiger partial charge in [0.25, 0.3) is 10.0 Å². The molecular weight excluding hydrogens is 539 g/mol. The van der Waals surface area contributed by atoms with Crippen LogP contribution in [0.5, 0.6) is 0 Å². The number of anilines is 1. The van der Waals surface area contributed by atoms with Crippen molar-refractivity contribution in [2.75, 3.05) is 37.0 Å². The monoisotopic (exact) mass is 571 g/mol. The SMILES string of the molecule is CCCCCN(c1cccc2cc(-c3ncc(CN4CCN(C(C)=O)CC4)s3)[nH]c12)S(=O)(=O)c1cccs1. The normalized spacial score (nSPS) is 14.8. The van der Waals surface area contributed by atoms with Gasteiger partial charge in [-0.1, -0.05) is 38.0 Å². The molecule has 8 nitrogen and oxygen atoms in total. The van der Waals surface area contributed by atoms with Crippen molar-refractivity contribution in [2.45, 2.75) is 43.9 Å². The van der Waals surface area contributed by atoms with Crippen molar-refractivity contribution in [2.24, 2.45) is 0 Å². The van der Waals surface area contributed by atoms with Crippen molar-refractivity contribution in [3.63, 3.8) is 0 Å². The van der Waals surface area contributed by atoms with Gasteiger partial charge < -0.3 is 9.88 Å². The van der Waals surface area contributed by atoms with Gasteiger partial charge in [0, 0.05) is 62.7 Å². The van der Waals surface area contributed by atoms with E-state index in [9.17, 15) is 13.2 Å². The molecule has 0 spiro atoms. The number of para-hydroxylation sites is 1. The van der Waals surface area contributed by atoms with Crippen LogP contribution in [0.4, 0.5) is 5.69 Å². The van der Waals surface area contributed by atoms with Gasteiger partial charge in [-0.3, -0.25) is 14.0 Å². The number of thiophene rings is 1. The zero-order chi connectivity index (χ0) is 26.7. The molecule has 1 amide bonds. The van der Waals surface area contributed by atoms with E-state index in [0.29, 0.717) is 16.4 Å². The van der Waals surface area contributed by atoms with Crippen LogP contribution >= 0.6 is 22.7 Å². The van der Waals surface area contributed by atoms with E-state index in [4.69, 9.17) is 0 Å². The molecule has 1 aliphatic rings. The Bertz CT molecular complexity index is 1490. The molecule has 1 aliphatic heterocycles. The highest BCUT2D eigenvalue weighted by Crippen LogP contribution is 2.36. The molecule has 4 aromatic rings. The number of fused-ring (bicyclic) bond motifs is 1. The molecule has 4 heterocycles. The van der Waals surface area contributed by atoms with Crippen LogP contribution in [0.3, 0.4) is 0 Å². The van der Waals surface area contributed by atoms with Crippen molar-refractivity contribution in [1.82, 2.24) is 19.8 Å². The summed E-state index contributed by atoms with van der Waals surface area (Å²) in [5.74, 6) is 0.134. The lowest BCUT2D eigenvalue weighted by Crippen LogP contribution is -2.47. The number of carbonyl (C=O) groups excluding carboxylic acids is 1. The number of H-pyrrole nitrogens is 1. The molecule has 0 bridgehead atoms. The average molecular weight is 572 g/mol. The number of nitrogens with one attached hydrogen (secondary N) is 1. The van der Waals surface area contributed by atoms with Gasteiger partial charge in [0.1, 0.15) is 9.22 Å². The molecule has 11 heteroatoms. The summed E-state index contributed by atoms with van der Waals surface area (Å²) in [7, 11) is -3.67. The molecule has 3 aromatic heterocycles. The van der Waals surface area contributed by atoms with Crippen LogP contribution in [0.15, 0.2) is 52.2 Å². The molecule has 202 valence electrons. The Kier molecular flexibility index (Phi) is 8.18. The van der Waals surface area contributed by atoms with Crippen LogP contribution in [-0.2, 0) is 21.4 Å². The second-order valence-corrected chi connectivity index (χ2v) is 13.7. The maximum absolute atomic E-state index is 13.6. The molecule has 1 N–H and O–H groups in total. The summed E-state index contributed by atoms with van der Waals surface area (Å²) in [6.45, 7) is 8.20. The highest BCUT2D eigenvalue weighted by Gasteiger charge is 2.28. The second-order valence-electron chi connectivity index (χ2n) is 9.55. The number of aromatic amines is 1. The third kappa shape index (κ3) is 5.66. The molecule has 1 fully saturated rings. The molecule has 0 unspecified atom stereocenters. The van der Waals surface area contributed by atoms with Gasteiger partial charge in [0.05, 0.1) is 16.9 Å². The van der Waals surface area contributed by atoms with Crippen molar-refractivity contribution < 1.29 is 13.2 Å². The van der Waals surface area contributed by atoms with E-state index in [1.54, 1.807) is 40.1 Å². The van der Waals surface area contributed by atoms with E-state index in [1.807, 2.05) is 29.3 Å². The standard InChI is InChI=1S/C27H33N5O3S3/c1-3-4-5-11-32(38(34,35)25-10-7-16-36-25)24-9-6-8-21-17-23(29-26(21)24)27-28-18-22(37-27)19-30-12-14-31(15-13-30)20(2)33/h6-10,16-18,29H,3-5,11-15,19H2,1-2H3. The van der Waals surface area contributed by atoms with Crippen LogP contribution in [-0.4, -0.2) is 66.8 Å². The number of nitrogens with zero attached hydrogens (tertiary/aromatic N) is 4. The molecule has 5 rings (SSSR count). The van der Waals surface area contributed by atoms with Crippen molar-refractivity contribution in [3.8, 4) is 10.7 Å². The molecule has 1 aromatic carbocycles. The molecule has 0 atom stereocenters. The summed E-state index contributed by atoms with van der Waals surface area (Å²) in [6, 6.07) is 11.3. The zero-order valence-corrected chi connectivity index (χ0v) is 24.2. The van der Waals surface area contributed by atoms with Crippen molar-refractivity contribution in [3.05, 3.63) is 52.9 Å². The Morgan fingerprint density at radius 1 is 1.13 bits per heavy atom. The first-order valence-electron chi connectivity index (χ1n) is 13.0. The fraction of sp³-hybridized carbons (Fsp3) is 0.407. The summed E-state index contributed by atoms with van der Waals surface area (Å²) in [6.07, 6.45) is 4.69. The summed E-state index contributed by atoms with van der Waals surface area (Å²) in [5, 5.41) is 3.63. The van der Waals surface area contributed by atoms with Crippen molar-refractivity contribution in [1.29, 1.82) is 0 Å². The first-order chi connectivity index (χ1) is 18.4. The van der Waals surface area contributed by atoms with Crippen LogP contribution in [0.2, 0.25) is 0 Å². The largest absolute Gasteiger partial charge is 0.351 e. The number of hydrogen-bond donors (Lipinski definition) is 1. The van der Waals surface area contributed by atoms with Gasteiger partial charge >= 0.3 is 0 Å². The summed E-state index contributed by atoms with van der Waals surface area (Å²) in [4.78, 5) is 25.2. The summed E-state index contributed by atoms with van der Waals surface area (Å²) < 4.78 is 29.2. The van der Waals surface area contributed by atoms with Gasteiger partial charge in [0.2, 0.25) is 5.91 Å². The minimum absolute atomic E-state index is 0.134. The Morgan fingerprint density at radius 3 is 2.66 bits per heavy atom. The van der Waals surface area contributed by atoms with Crippen LogP contribution < -0.4 is 4.31 Å². The number of aromatic nitrogens is 2. The molecule has 0 aliphatic carbocycles. The van der Waals surface area contributed by atoms with Gasteiger partial charge in [-0.25, -0.2) is 13.4 Å². The lowest BCUT2D eigenvalue weighted by molar-refractivity contribution is -0.130. The zero-order valence-electron chi connectivity index (χ0n) is 21.7. The van der Waals surface area contributed by atoms with Crippen LogP contribution in [0, 0.1) is 0 Å². The molecule has 1 saturated heterocycles. The number of thiazole rings is 1. The smallest absolute Gasteiger partial charge is 0.273 e. The van der Waals surface area contributed by atoms with E-state index in [1.165, 1.54) is 11.3 Å². The number of piperazine rings is 1. The Labute approximate surface area is 232 Å². The number of amides is 1. The topological polar surface area (TPSA) is 89.6 Å². The van der Waals surface area contributed by atoms with E-state index in [0.717, 1.165) is 78.5 Å². The van der Waals surface area contributed by atoms with Crippen LogP contribution in [0.1, 0.15) is 38.0 Å². The number of benzene rings is 1. The lowest BCUT2D eigenvalue weighted by Gasteiger charge is -2.33. The number of sulfonamides is 1. The van der Waals surface area contributed by atoms with E-state index >= 15 is 0 Å². The highest BCUT2D eigenvalue weighted by molar-refractivity contribution is 7.94. The Morgan fingerprint density at radius 2 is 1.95 bits per heavy atom. The fourth-order valence-corrected chi connectivity index (χ4v) is 8.35. The lowest BCUT2D eigenvalue weighted by atomic mass is 10.2. The highest BCUT2D eigenvalue weighted by atomic mass is 32.2. The molecule has 0 saturated carbocycles. The summed E-state index contributed by atoms with van der Waals surface area (Å²) in [5.41, 5.74) is 2.35. The molecular formula is C27H33N5O3S3. The predicted molar refractivity (Wildman–Crippen MR) is 155 cm³/mol. The van der Waals surface area contributed by atoms with Crippen LogP contribution in [0.25, 0.3) is 21.6 Å². The summed E-state index contributed by atoms with van der Waals surface area (Å²) >= 11 is 2.89. The van der Waals surface area contributed by atoms with E-state index in [-0.39, 0.29) is 5.91 Å². The fourth-order valence-electron chi connectivity index (χ4n) is 4.80. The maximum atomic E-state index is 13.6. The number of rotatable bonds is 10. The first kappa shape index (κ1) is 26.9. The van der Waals surface area contributed by atoms with Gasteiger partial charge in [-0.15, -0.1) is 22.7 Å². The van der Waals surface area contributed by atoms with E-state index < -0.39 is 10.0 Å². The van der Waals surface area contributed by atoms with Gasteiger partial charge in [-0.05, 0) is 30.0 Å². The Hall–Kier alpha value is -2.73. The Balaban J connectivity index is 1.40. The van der Waals surface area contributed by atoms with E-state index in [2.05, 4.69) is 27.9 Å². The minimum Gasteiger partial charge on any atom is -0.351 e. The first-order valence-corrected chi connectivity index (χ1v) is 16.1. The predicted octanol–water partition coefficient (Wildman–Crippen LogP) is 5.40. The van der Waals surface area contributed by atoms with Gasteiger partial charge in [0.15, 0.2) is 0 Å². The minimum atomic E-state index is -3.67. The average Bonchev–Trinajstić information content (AvgIpc) is 3.68.